The third-order valence-electron chi connectivity index (χ3n) is 4.96. The van der Waals surface area contributed by atoms with Gasteiger partial charge in [-0.1, -0.05) is 0 Å². The van der Waals surface area contributed by atoms with Crippen molar-refractivity contribution >= 4 is 21.7 Å². The third kappa shape index (κ3) is 3.68. The Labute approximate surface area is 136 Å². The Morgan fingerprint density at radius 1 is 1.35 bits per heavy atom. The number of carbonyl (C=O) groups excluding carboxylic acids is 2. The van der Waals surface area contributed by atoms with Gasteiger partial charge in [-0.15, -0.1) is 0 Å². The standard InChI is InChI=1S/C15H24N2O5S/c1-22-6-5-16(12-2-3-12)15(19)11-8-14(18)17(9-11)13-4-7-23(20,21)10-13/h11-13H,2-10H2,1H3/t11-,13+/m0/s1. The van der Waals surface area contributed by atoms with Crippen molar-refractivity contribution in [2.24, 2.45) is 5.92 Å². The van der Waals surface area contributed by atoms with Crippen LogP contribution in [0.25, 0.3) is 0 Å². The molecular formula is C15H24N2O5S. The molecule has 3 aliphatic rings. The molecule has 130 valence electrons. The van der Waals surface area contributed by atoms with Crippen molar-refractivity contribution in [2.45, 2.75) is 37.8 Å². The predicted octanol–water partition coefficient (Wildman–Crippen LogP) is -0.341. The summed E-state index contributed by atoms with van der Waals surface area (Å²) in [6.07, 6.45) is 2.72. The number of sulfone groups is 1. The van der Waals surface area contributed by atoms with Gasteiger partial charge in [0.1, 0.15) is 0 Å². The first-order valence-corrected chi connectivity index (χ1v) is 10.0. The SMILES string of the molecule is COCCN(C(=O)[C@H]1CC(=O)N([C@@H]2CCS(=O)(=O)C2)C1)C1CC1. The maximum atomic E-state index is 12.7. The zero-order valence-electron chi connectivity index (χ0n) is 13.4. The largest absolute Gasteiger partial charge is 0.383 e. The first-order valence-electron chi connectivity index (χ1n) is 8.20. The number of hydrogen-bond donors (Lipinski definition) is 0. The van der Waals surface area contributed by atoms with E-state index >= 15 is 0 Å². The Kier molecular flexibility index (Phi) is 4.64. The molecule has 2 amide bonds. The predicted molar refractivity (Wildman–Crippen MR) is 83.5 cm³/mol. The molecule has 0 N–H and O–H groups in total. The van der Waals surface area contributed by atoms with E-state index in [2.05, 4.69) is 0 Å². The molecule has 7 nitrogen and oxygen atoms in total. The minimum absolute atomic E-state index is 0.0151. The summed E-state index contributed by atoms with van der Waals surface area (Å²) in [5.74, 6) is -0.241. The summed E-state index contributed by atoms with van der Waals surface area (Å²) < 4.78 is 28.3. The van der Waals surface area contributed by atoms with Crippen LogP contribution in [0.5, 0.6) is 0 Å². The molecule has 2 heterocycles. The van der Waals surface area contributed by atoms with E-state index in [4.69, 9.17) is 4.74 Å². The van der Waals surface area contributed by atoms with Gasteiger partial charge in [-0.2, -0.15) is 0 Å². The van der Waals surface area contributed by atoms with Crippen LogP contribution in [0.4, 0.5) is 0 Å². The molecule has 2 atom stereocenters. The number of ether oxygens (including phenoxy) is 1. The summed E-state index contributed by atoms with van der Waals surface area (Å²) in [5.41, 5.74) is 0. The van der Waals surface area contributed by atoms with Crippen LogP contribution in [0.2, 0.25) is 0 Å². The quantitative estimate of drug-likeness (QED) is 0.658. The van der Waals surface area contributed by atoms with Crippen molar-refractivity contribution in [1.29, 1.82) is 0 Å². The number of rotatable bonds is 6. The highest BCUT2D eigenvalue weighted by Crippen LogP contribution is 2.32. The van der Waals surface area contributed by atoms with Crippen molar-refractivity contribution < 1.29 is 22.7 Å². The zero-order valence-corrected chi connectivity index (χ0v) is 14.3. The highest BCUT2D eigenvalue weighted by atomic mass is 32.2. The number of methoxy groups -OCH3 is 1. The van der Waals surface area contributed by atoms with Gasteiger partial charge in [0.15, 0.2) is 9.84 Å². The molecule has 0 bridgehead atoms. The summed E-state index contributed by atoms with van der Waals surface area (Å²) in [6.45, 7) is 1.41. The van der Waals surface area contributed by atoms with Gasteiger partial charge < -0.3 is 14.5 Å². The summed E-state index contributed by atoms with van der Waals surface area (Å²) >= 11 is 0. The Bertz CT molecular complexity index is 587. The van der Waals surface area contributed by atoms with E-state index in [1.165, 1.54) is 0 Å². The number of amides is 2. The summed E-state index contributed by atoms with van der Waals surface area (Å²) in [6, 6.07) is 0.0345. The van der Waals surface area contributed by atoms with E-state index in [9.17, 15) is 18.0 Å². The van der Waals surface area contributed by atoms with E-state index in [1.54, 1.807) is 12.0 Å². The molecule has 1 saturated carbocycles. The van der Waals surface area contributed by atoms with Gasteiger partial charge in [-0.25, -0.2) is 8.42 Å². The molecule has 1 aliphatic carbocycles. The van der Waals surface area contributed by atoms with Gasteiger partial charge in [-0.3, -0.25) is 9.59 Å². The fourth-order valence-corrected chi connectivity index (χ4v) is 5.28. The minimum atomic E-state index is -3.03. The molecule has 0 radical (unpaired) electrons. The normalized spacial score (nSPS) is 30.0. The van der Waals surface area contributed by atoms with Crippen LogP contribution in [0.1, 0.15) is 25.7 Å². The Morgan fingerprint density at radius 2 is 2.09 bits per heavy atom. The van der Waals surface area contributed by atoms with Crippen molar-refractivity contribution in [3.05, 3.63) is 0 Å². The third-order valence-corrected chi connectivity index (χ3v) is 6.71. The fourth-order valence-electron chi connectivity index (χ4n) is 3.55. The summed E-state index contributed by atoms with van der Waals surface area (Å²) in [4.78, 5) is 28.4. The highest BCUT2D eigenvalue weighted by molar-refractivity contribution is 7.91. The smallest absolute Gasteiger partial charge is 0.228 e. The minimum Gasteiger partial charge on any atom is -0.383 e. The van der Waals surface area contributed by atoms with Crippen LogP contribution >= 0.6 is 0 Å². The molecule has 3 rings (SSSR count). The summed E-state index contributed by atoms with van der Waals surface area (Å²) in [7, 11) is -1.42. The first kappa shape index (κ1) is 16.7. The zero-order chi connectivity index (χ0) is 16.6. The van der Waals surface area contributed by atoms with Crippen LogP contribution in [-0.4, -0.2) is 80.4 Å². The van der Waals surface area contributed by atoms with Crippen LogP contribution in [0, 0.1) is 5.92 Å². The second-order valence-corrected chi connectivity index (χ2v) is 8.99. The molecule has 0 spiro atoms. The number of carbonyl (C=O) groups is 2. The van der Waals surface area contributed by atoms with Crippen LogP contribution in [0.3, 0.4) is 0 Å². The molecular weight excluding hydrogens is 320 g/mol. The van der Waals surface area contributed by atoms with Gasteiger partial charge in [0.05, 0.1) is 24.0 Å². The lowest BCUT2D eigenvalue weighted by Gasteiger charge is -2.26. The van der Waals surface area contributed by atoms with Gasteiger partial charge in [0.2, 0.25) is 11.8 Å². The maximum Gasteiger partial charge on any atom is 0.228 e. The molecule has 23 heavy (non-hydrogen) atoms. The lowest BCUT2D eigenvalue weighted by molar-refractivity contribution is -0.137. The highest BCUT2D eigenvalue weighted by Gasteiger charge is 2.44. The molecule has 0 aromatic carbocycles. The number of likely N-dealkylation sites (tertiary alicyclic amines) is 1. The number of nitrogens with zero attached hydrogens (tertiary/aromatic N) is 2. The van der Waals surface area contributed by atoms with Crippen LogP contribution in [-0.2, 0) is 24.2 Å². The topological polar surface area (TPSA) is 84.0 Å². The van der Waals surface area contributed by atoms with Crippen molar-refractivity contribution in [3.63, 3.8) is 0 Å². The molecule has 2 saturated heterocycles. The first-order chi connectivity index (χ1) is 10.9. The average molecular weight is 344 g/mol. The van der Waals surface area contributed by atoms with Gasteiger partial charge >= 0.3 is 0 Å². The summed E-state index contributed by atoms with van der Waals surface area (Å²) in [5, 5.41) is 0. The lowest BCUT2D eigenvalue weighted by Crippen LogP contribution is -2.42. The second-order valence-electron chi connectivity index (χ2n) is 6.76. The Hall–Kier alpha value is -1.15. The van der Waals surface area contributed by atoms with E-state index in [0.717, 1.165) is 12.8 Å². The Balaban J connectivity index is 1.63. The van der Waals surface area contributed by atoms with Crippen molar-refractivity contribution in [1.82, 2.24) is 9.80 Å². The van der Waals surface area contributed by atoms with E-state index in [0.29, 0.717) is 26.1 Å². The van der Waals surface area contributed by atoms with Crippen molar-refractivity contribution in [3.8, 4) is 0 Å². The second kappa shape index (κ2) is 6.39. The molecule has 2 aliphatic heterocycles. The molecule has 0 aromatic heterocycles. The average Bonchev–Trinajstić information content (AvgIpc) is 3.16. The van der Waals surface area contributed by atoms with E-state index in [1.807, 2.05) is 4.90 Å². The molecule has 3 fully saturated rings. The van der Waals surface area contributed by atoms with Crippen LogP contribution in [0.15, 0.2) is 0 Å². The Morgan fingerprint density at radius 3 is 2.65 bits per heavy atom. The van der Waals surface area contributed by atoms with Crippen LogP contribution < -0.4 is 0 Å². The van der Waals surface area contributed by atoms with Gasteiger partial charge in [-0.05, 0) is 19.3 Å². The maximum absolute atomic E-state index is 12.7. The molecule has 0 unspecified atom stereocenters. The lowest BCUT2D eigenvalue weighted by atomic mass is 10.1. The molecule has 8 heteroatoms. The fraction of sp³-hybridized carbons (Fsp3) is 0.867. The van der Waals surface area contributed by atoms with E-state index in [-0.39, 0.29) is 47.7 Å². The number of hydrogen-bond acceptors (Lipinski definition) is 5. The molecule has 0 aromatic rings. The van der Waals surface area contributed by atoms with E-state index < -0.39 is 9.84 Å². The van der Waals surface area contributed by atoms with Gasteiger partial charge in [0, 0.05) is 38.7 Å². The van der Waals surface area contributed by atoms with Crippen molar-refractivity contribution in [2.75, 3.05) is 38.3 Å². The van der Waals surface area contributed by atoms with Gasteiger partial charge in [0.25, 0.3) is 0 Å². The monoisotopic (exact) mass is 344 g/mol.